The van der Waals surface area contributed by atoms with Crippen molar-refractivity contribution >= 4 is 47.8 Å². The Morgan fingerprint density at radius 3 is 0.692 bits per heavy atom. The van der Waals surface area contributed by atoms with E-state index in [4.69, 9.17) is 115 Å². The van der Waals surface area contributed by atoms with Crippen molar-refractivity contribution in [1.29, 1.82) is 0 Å². The molecule has 0 radical (unpaired) electrons. The SMILES string of the molecule is C[C@H]1[C@H](OC(=O)CCC(=O)OCCN(CCOC(=O)CCC(=O)O[C@@H]2O[C@@H]3OC4(C)CC[C@H]5[C@H](C)CC[C@@H]([C@H]2C)[C@@]35OO4)CCN(CCOC(=O)CCC(=O)O[C@@H]2O[C@@H]3OC4(C)CC[C@H]5[C@H](C)CC[C@@H]([C@H]2C)[C@@]35OO4)CCOC(=O)CCC(=O)O[C@@H]2O[C@@H]3OC4(C)CC[C@H]5[C@H](C)CC[C@@H]([C@H]2C)[C@@]35OO4)O[C@@H]2OC3(C)CC[C@H]4[C@H](C)CC[C@@H]1[C@@]24OO3. The first-order valence-corrected chi connectivity index (χ1v) is 44.9. The van der Waals surface area contributed by atoms with Gasteiger partial charge in [0.2, 0.25) is 48.3 Å². The van der Waals surface area contributed by atoms with Gasteiger partial charge in [-0.1, -0.05) is 55.4 Å². The molecule has 0 N–H and O–H groups in total. The fourth-order valence-corrected chi connectivity index (χ4v) is 24.0. The van der Waals surface area contributed by atoms with Crippen LogP contribution < -0.4 is 0 Å². The third-order valence-electron chi connectivity index (χ3n) is 30.9. The molecule has 32 atom stereocenters. The number of hydrogen-bond acceptors (Lipinski definition) is 34. The van der Waals surface area contributed by atoms with Gasteiger partial charge < -0.3 is 75.8 Å². The number of carbonyl (C=O) groups excluding carboxylic acids is 8. The highest BCUT2D eigenvalue weighted by Crippen LogP contribution is 2.66. The molecule has 8 bridgehead atoms. The van der Waals surface area contributed by atoms with E-state index in [0.29, 0.717) is 49.4 Å². The third-order valence-corrected chi connectivity index (χ3v) is 30.9. The highest BCUT2D eigenvalue weighted by Gasteiger charge is 2.75. The van der Waals surface area contributed by atoms with Crippen molar-refractivity contribution in [2.75, 3.05) is 65.7 Å². The highest BCUT2D eigenvalue weighted by atomic mass is 17.3. The van der Waals surface area contributed by atoms with Gasteiger partial charge in [0.05, 0.1) is 51.4 Å². The van der Waals surface area contributed by atoms with Crippen LogP contribution in [-0.4, -0.2) is 219 Å². The molecule has 20 aliphatic rings. The van der Waals surface area contributed by atoms with E-state index in [2.05, 4.69) is 27.7 Å². The summed E-state index contributed by atoms with van der Waals surface area (Å²) in [5.74, 6) is -9.28. The molecule has 120 heavy (non-hydrogen) atoms. The topological polar surface area (TPSA) is 365 Å². The van der Waals surface area contributed by atoms with Crippen molar-refractivity contribution in [3.63, 3.8) is 0 Å². The number of fused-ring (bicyclic) bond motifs is 8. The van der Waals surface area contributed by atoms with Crippen LogP contribution in [0, 0.1) is 94.7 Å². The third kappa shape index (κ3) is 17.1. The van der Waals surface area contributed by atoms with Crippen LogP contribution in [0.15, 0.2) is 0 Å². The van der Waals surface area contributed by atoms with Crippen LogP contribution >= 0.6 is 0 Å². The standard InChI is InChI=1S/C86H128N2O32/c1-47-13-17-59-51(5)71(105-75-83(59)55(47)29-33-79(9,109-75)113-117-83)101-67(93)25-21-63(89)97-43-39-87(40-44-98-64(90)22-26-68(94)102-72-52(6)60-18-14-48(2)56-30-34-80(10)110-76(106-72)84(56,60)118-114-80)37-38-88(41-45-99-65(91)23-27-69(95)103-73-53(7)61-19-15-49(3)57-31-35-81(11)111-77(107-73)85(57,61)119-115-81)42-46-100-66(92)24-28-70(96)104-74-54(8)62-20-16-50(4)58-32-36-82(12)112-78(108-74)86(58,62)120-116-82/h47-62,71-78H,13-46H2,1-12H3/t47-,48-,49-,50-,51-,52-,53-,54-,55+,56+,57+,58+,59+,60+,61+,62+,71-,72-,73-,74-,75-,76-,77-,78-,79?,80?,81?,82?,83-,84-,85-,86-/m1/s1. The highest BCUT2D eigenvalue weighted by molar-refractivity contribution is 5.79. The molecule has 34 heteroatoms. The number of rotatable bonds is 31. The molecule has 674 valence electrons. The van der Waals surface area contributed by atoms with E-state index in [9.17, 15) is 38.4 Å². The van der Waals surface area contributed by atoms with Gasteiger partial charge in [-0.25, -0.2) is 39.1 Å². The summed E-state index contributed by atoms with van der Waals surface area (Å²) in [6, 6.07) is 0. The first-order chi connectivity index (χ1) is 57.3. The molecule has 4 unspecified atom stereocenters. The summed E-state index contributed by atoms with van der Waals surface area (Å²) in [6.07, 6.45) is 3.02. The minimum atomic E-state index is -1.03. The predicted octanol–water partition coefficient (Wildman–Crippen LogP) is 9.89. The van der Waals surface area contributed by atoms with Crippen molar-refractivity contribution < 1.29 is 153 Å². The van der Waals surface area contributed by atoms with Gasteiger partial charge >= 0.3 is 47.8 Å². The van der Waals surface area contributed by atoms with Gasteiger partial charge in [-0.2, -0.15) is 0 Å². The minimum absolute atomic E-state index is 0.0945. The molecule has 0 aromatic heterocycles. The van der Waals surface area contributed by atoms with Gasteiger partial charge in [-0.3, -0.25) is 48.2 Å². The first-order valence-electron chi connectivity index (χ1n) is 44.9. The molecule has 16 saturated heterocycles. The maximum atomic E-state index is 13.6. The zero-order chi connectivity index (χ0) is 84.6. The largest absolute Gasteiger partial charge is 0.464 e. The lowest BCUT2D eigenvalue weighted by atomic mass is 9.58. The molecule has 0 aromatic rings. The second-order valence-electron chi connectivity index (χ2n) is 38.6. The average Bonchev–Trinajstić information content (AvgIpc) is 1.41. The normalized spacial score (nSPS) is 45.2. The van der Waals surface area contributed by atoms with E-state index in [1.807, 2.05) is 65.2 Å². The minimum Gasteiger partial charge on any atom is -0.464 e. The van der Waals surface area contributed by atoms with Crippen molar-refractivity contribution in [3.8, 4) is 0 Å². The van der Waals surface area contributed by atoms with Crippen LogP contribution in [0.4, 0.5) is 0 Å². The first kappa shape index (κ1) is 88.5. The summed E-state index contributed by atoms with van der Waals surface area (Å²) in [5, 5.41) is 0. The Hall–Kier alpha value is -4.96. The number of carbonyl (C=O) groups is 8. The predicted molar refractivity (Wildman–Crippen MR) is 405 cm³/mol. The van der Waals surface area contributed by atoms with Crippen LogP contribution in [0.25, 0.3) is 0 Å². The van der Waals surface area contributed by atoms with Crippen molar-refractivity contribution in [2.24, 2.45) is 94.7 Å². The molecule has 4 saturated carbocycles. The van der Waals surface area contributed by atoms with Crippen molar-refractivity contribution in [3.05, 3.63) is 0 Å². The van der Waals surface area contributed by atoms with Gasteiger partial charge in [-0.05, 0) is 152 Å². The summed E-state index contributed by atoms with van der Waals surface area (Å²) in [5.41, 5.74) is -3.46. The van der Waals surface area contributed by atoms with Crippen LogP contribution in [0.3, 0.4) is 0 Å². The second kappa shape index (κ2) is 35.3. The van der Waals surface area contributed by atoms with Crippen molar-refractivity contribution in [2.45, 2.75) is 333 Å². The fourth-order valence-electron chi connectivity index (χ4n) is 24.0. The summed E-state index contributed by atoms with van der Waals surface area (Å²) < 4.78 is 98.5. The quantitative estimate of drug-likeness (QED) is 0.0354. The van der Waals surface area contributed by atoms with Crippen LogP contribution in [-0.2, 0) is 153 Å². The maximum Gasteiger partial charge on any atom is 0.308 e. The Morgan fingerprint density at radius 2 is 0.475 bits per heavy atom. The number of ether oxygens (including phenoxy) is 16. The molecular formula is C86H128N2O32. The van der Waals surface area contributed by atoms with Gasteiger partial charge in [0.25, 0.3) is 0 Å². The molecule has 0 amide bonds. The Labute approximate surface area is 701 Å². The number of nitrogens with zero attached hydrogens (tertiary/aromatic N) is 2. The van der Waals surface area contributed by atoms with Crippen LogP contribution in [0.5, 0.6) is 0 Å². The second-order valence-corrected chi connectivity index (χ2v) is 38.6. The monoisotopic (exact) mass is 1700 g/mol. The van der Waals surface area contributed by atoms with Gasteiger partial charge in [0.1, 0.15) is 26.4 Å². The van der Waals surface area contributed by atoms with E-state index < -0.39 is 144 Å². The lowest BCUT2D eigenvalue weighted by Crippen LogP contribution is -2.70. The summed E-state index contributed by atoms with van der Waals surface area (Å²) >= 11 is 0. The summed E-state index contributed by atoms with van der Waals surface area (Å²) in [6.45, 7) is 24.1. The smallest absolute Gasteiger partial charge is 0.308 e. The van der Waals surface area contributed by atoms with Crippen LogP contribution in [0.1, 0.15) is 237 Å². The van der Waals surface area contributed by atoms with Gasteiger partial charge in [0.15, 0.2) is 47.6 Å². The fraction of sp³-hybridized carbons (Fsp3) is 0.907. The number of hydrogen-bond donors (Lipinski definition) is 0. The molecule has 16 aliphatic heterocycles. The molecule has 0 aromatic carbocycles. The summed E-state index contributed by atoms with van der Waals surface area (Å²) in [4.78, 5) is 161. The zero-order valence-electron chi connectivity index (χ0n) is 71.9. The molecule has 20 fully saturated rings. The Balaban J connectivity index is 0.543. The van der Waals surface area contributed by atoms with E-state index in [0.717, 1.165) is 77.0 Å². The van der Waals surface area contributed by atoms with Gasteiger partial charge in [0, 0.05) is 112 Å². The van der Waals surface area contributed by atoms with E-state index >= 15 is 0 Å². The molecule has 20 rings (SSSR count). The Bertz CT molecular complexity index is 3270. The average molecular weight is 1700 g/mol. The van der Waals surface area contributed by atoms with E-state index in [-0.39, 0.29) is 188 Å². The Kier molecular flexibility index (Phi) is 26.1. The molecule has 34 nitrogen and oxygen atoms in total. The molecule has 16 heterocycles. The Morgan fingerprint density at radius 1 is 0.267 bits per heavy atom. The zero-order valence-corrected chi connectivity index (χ0v) is 71.9. The molecular weight excluding hydrogens is 1570 g/mol. The van der Waals surface area contributed by atoms with E-state index in [1.165, 1.54) is 0 Å². The molecule has 4 aliphatic carbocycles. The lowest BCUT2D eigenvalue weighted by molar-refractivity contribution is -0.576. The van der Waals surface area contributed by atoms with Gasteiger partial charge in [-0.15, -0.1) is 0 Å². The maximum absolute atomic E-state index is 13.6. The lowest BCUT2D eigenvalue weighted by Gasteiger charge is -2.59. The summed E-state index contributed by atoms with van der Waals surface area (Å²) in [7, 11) is 0. The van der Waals surface area contributed by atoms with E-state index in [1.54, 1.807) is 0 Å². The van der Waals surface area contributed by atoms with Crippen LogP contribution in [0.2, 0.25) is 0 Å². The van der Waals surface area contributed by atoms with Crippen molar-refractivity contribution in [1.82, 2.24) is 9.80 Å². The molecule has 4 spiro atoms. The number of esters is 8.